The van der Waals surface area contributed by atoms with Crippen molar-refractivity contribution in [1.29, 1.82) is 0 Å². The van der Waals surface area contributed by atoms with Crippen LogP contribution in [0.25, 0.3) is 0 Å². The highest BCUT2D eigenvalue weighted by atomic mass is 32.2. The Labute approximate surface area is 107 Å². The van der Waals surface area contributed by atoms with E-state index in [2.05, 4.69) is 20.8 Å². The van der Waals surface area contributed by atoms with Crippen molar-refractivity contribution in [2.75, 3.05) is 12.8 Å². The maximum Gasteiger partial charge on any atom is 0.340 e. The van der Waals surface area contributed by atoms with E-state index in [1.165, 1.54) is 7.11 Å². The molecule has 0 aliphatic rings. The summed E-state index contributed by atoms with van der Waals surface area (Å²) < 4.78 is 4.82. The summed E-state index contributed by atoms with van der Waals surface area (Å²) in [4.78, 5) is 12.6. The molecule has 1 aromatic carbocycles. The SMILES string of the molecule is COC(=O)c1cc(SC(C)(C)C)cc(C)c1N. The molecule has 1 rings (SSSR count). The average molecular weight is 253 g/mol. The topological polar surface area (TPSA) is 52.3 Å². The number of rotatable bonds is 2. The van der Waals surface area contributed by atoms with Crippen molar-refractivity contribution in [2.45, 2.75) is 37.3 Å². The number of methoxy groups -OCH3 is 1. The molecule has 0 bridgehead atoms. The van der Waals surface area contributed by atoms with Gasteiger partial charge in [0.25, 0.3) is 0 Å². The van der Waals surface area contributed by atoms with E-state index in [-0.39, 0.29) is 10.7 Å². The van der Waals surface area contributed by atoms with Crippen LogP contribution in [-0.2, 0) is 4.74 Å². The van der Waals surface area contributed by atoms with Gasteiger partial charge in [0.2, 0.25) is 0 Å². The summed E-state index contributed by atoms with van der Waals surface area (Å²) in [5.41, 5.74) is 7.72. The molecule has 0 saturated heterocycles. The zero-order chi connectivity index (χ0) is 13.2. The Morgan fingerprint density at radius 1 is 1.35 bits per heavy atom. The Kier molecular flexibility index (Phi) is 4.09. The lowest BCUT2D eigenvalue weighted by Crippen LogP contribution is -2.10. The van der Waals surface area contributed by atoms with Crippen LogP contribution in [0.3, 0.4) is 0 Å². The van der Waals surface area contributed by atoms with Crippen molar-refractivity contribution >= 4 is 23.4 Å². The summed E-state index contributed by atoms with van der Waals surface area (Å²) in [6, 6.07) is 3.79. The van der Waals surface area contributed by atoms with Crippen LogP contribution in [0.2, 0.25) is 0 Å². The molecule has 3 nitrogen and oxygen atoms in total. The van der Waals surface area contributed by atoms with E-state index in [0.29, 0.717) is 11.3 Å². The predicted molar refractivity (Wildman–Crippen MR) is 72.5 cm³/mol. The van der Waals surface area contributed by atoms with Crippen LogP contribution in [0.4, 0.5) is 5.69 Å². The highest BCUT2D eigenvalue weighted by Crippen LogP contribution is 2.34. The molecule has 0 aromatic heterocycles. The van der Waals surface area contributed by atoms with Crippen LogP contribution in [0.5, 0.6) is 0 Å². The van der Waals surface area contributed by atoms with Crippen LogP contribution in [0.1, 0.15) is 36.7 Å². The van der Waals surface area contributed by atoms with Crippen molar-refractivity contribution in [3.8, 4) is 0 Å². The van der Waals surface area contributed by atoms with Gasteiger partial charge < -0.3 is 10.5 Å². The first-order valence-corrected chi connectivity index (χ1v) is 6.23. The number of nitrogens with two attached hydrogens (primary N) is 1. The molecule has 17 heavy (non-hydrogen) atoms. The van der Waals surface area contributed by atoms with Gasteiger partial charge in [-0.1, -0.05) is 20.8 Å². The molecule has 0 heterocycles. The maximum atomic E-state index is 11.6. The number of carbonyl (C=O) groups excluding carboxylic acids is 1. The van der Waals surface area contributed by atoms with Gasteiger partial charge in [-0.15, -0.1) is 11.8 Å². The predicted octanol–water partition coefficient (Wildman–Crippen LogP) is 3.25. The number of carbonyl (C=O) groups is 1. The van der Waals surface area contributed by atoms with Crippen molar-refractivity contribution in [3.05, 3.63) is 23.3 Å². The first-order chi connectivity index (χ1) is 7.74. The number of hydrogen-bond acceptors (Lipinski definition) is 4. The Bertz CT molecular complexity index is 436. The average Bonchev–Trinajstić information content (AvgIpc) is 2.19. The Morgan fingerprint density at radius 3 is 2.41 bits per heavy atom. The van der Waals surface area contributed by atoms with E-state index in [1.54, 1.807) is 17.8 Å². The molecular formula is C13H19NO2S. The van der Waals surface area contributed by atoms with Gasteiger partial charge in [-0.2, -0.15) is 0 Å². The second-order valence-corrected chi connectivity index (χ2v) is 6.81. The lowest BCUT2D eigenvalue weighted by Gasteiger charge is -2.19. The highest BCUT2D eigenvalue weighted by molar-refractivity contribution is 8.00. The van der Waals surface area contributed by atoms with E-state index in [4.69, 9.17) is 10.5 Å². The van der Waals surface area contributed by atoms with Crippen molar-refractivity contribution in [3.63, 3.8) is 0 Å². The molecule has 2 N–H and O–H groups in total. The monoisotopic (exact) mass is 253 g/mol. The fourth-order valence-electron chi connectivity index (χ4n) is 1.46. The summed E-state index contributed by atoms with van der Waals surface area (Å²) in [6.45, 7) is 8.28. The molecule has 4 heteroatoms. The van der Waals surface area contributed by atoms with Crippen LogP contribution in [0.15, 0.2) is 17.0 Å². The maximum absolute atomic E-state index is 11.6. The molecule has 0 fully saturated rings. The minimum absolute atomic E-state index is 0.0932. The van der Waals surface area contributed by atoms with E-state index in [9.17, 15) is 4.79 Å². The fourth-order valence-corrected chi connectivity index (χ4v) is 2.58. The standard InChI is InChI=1S/C13H19NO2S/c1-8-6-9(17-13(2,3)4)7-10(11(8)14)12(15)16-5/h6-7H,14H2,1-5H3. The largest absolute Gasteiger partial charge is 0.465 e. The van der Waals surface area contributed by atoms with Crippen LogP contribution in [-0.4, -0.2) is 17.8 Å². The number of esters is 1. The van der Waals surface area contributed by atoms with Gasteiger partial charge in [-0.25, -0.2) is 4.79 Å². The zero-order valence-electron chi connectivity index (χ0n) is 11.0. The first kappa shape index (κ1) is 13.9. The summed E-state index contributed by atoms with van der Waals surface area (Å²) in [5.74, 6) is -0.387. The van der Waals surface area contributed by atoms with Gasteiger partial charge in [0.1, 0.15) is 0 Å². The Morgan fingerprint density at radius 2 is 1.94 bits per heavy atom. The number of aryl methyl sites for hydroxylation is 1. The third-order valence-corrected chi connectivity index (χ3v) is 3.27. The summed E-state index contributed by atoms with van der Waals surface area (Å²) >= 11 is 1.70. The zero-order valence-corrected chi connectivity index (χ0v) is 11.8. The molecule has 0 radical (unpaired) electrons. The van der Waals surface area contributed by atoms with Gasteiger partial charge >= 0.3 is 5.97 Å². The molecule has 0 aliphatic heterocycles. The van der Waals surface area contributed by atoms with E-state index >= 15 is 0 Å². The van der Waals surface area contributed by atoms with Gasteiger partial charge in [0.05, 0.1) is 12.7 Å². The molecule has 0 atom stereocenters. The van der Waals surface area contributed by atoms with Gasteiger partial charge in [-0.05, 0) is 24.6 Å². The van der Waals surface area contributed by atoms with Crippen LogP contribution in [0, 0.1) is 6.92 Å². The summed E-state index contributed by atoms with van der Waals surface area (Å²) in [5, 5.41) is 0. The van der Waals surface area contributed by atoms with Crippen molar-refractivity contribution in [1.82, 2.24) is 0 Å². The number of thioether (sulfide) groups is 1. The summed E-state index contributed by atoms with van der Waals surface area (Å²) in [7, 11) is 1.36. The lowest BCUT2D eigenvalue weighted by molar-refractivity contribution is 0.0601. The van der Waals surface area contributed by atoms with E-state index < -0.39 is 0 Å². The van der Waals surface area contributed by atoms with Gasteiger partial charge in [0, 0.05) is 15.3 Å². The Hall–Kier alpha value is -1.16. The van der Waals surface area contributed by atoms with E-state index in [1.807, 2.05) is 13.0 Å². The molecule has 0 spiro atoms. The molecule has 0 amide bonds. The minimum Gasteiger partial charge on any atom is -0.465 e. The number of hydrogen-bond donors (Lipinski definition) is 1. The van der Waals surface area contributed by atoms with Crippen LogP contribution >= 0.6 is 11.8 Å². The number of ether oxygens (including phenoxy) is 1. The van der Waals surface area contributed by atoms with Crippen molar-refractivity contribution in [2.24, 2.45) is 0 Å². The van der Waals surface area contributed by atoms with E-state index in [0.717, 1.165) is 10.5 Å². The van der Waals surface area contributed by atoms with Gasteiger partial charge in [-0.3, -0.25) is 0 Å². The number of anilines is 1. The summed E-state index contributed by atoms with van der Waals surface area (Å²) in [6.07, 6.45) is 0. The smallest absolute Gasteiger partial charge is 0.340 e. The lowest BCUT2D eigenvalue weighted by atomic mass is 10.1. The highest BCUT2D eigenvalue weighted by Gasteiger charge is 2.17. The quantitative estimate of drug-likeness (QED) is 0.499. The minimum atomic E-state index is -0.387. The third-order valence-electron chi connectivity index (χ3n) is 2.19. The van der Waals surface area contributed by atoms with Crippen LogP contribution < -0.4 is 5.73 Å². The molecule has 94 valence electrons. The second kappa shape index (κ2) is 5.00. The van der Waals surface area contributed by atoms with Crippen molar-refractivity contribution < 1.29 is 9.53 Å². The molecular weight excluding hydrogens is 234 g/mol. The number of nitrogen functional groups attached to an aromatic ring is 1. The number of benzene rings is 1. The molecule has 0 saturated carbocycles. The van der Waals surface area contributed by atoms with Gasteiger partial charge in [0.15, 0.2) is 0 Å². The third kappa shape index (κ3) is 3.66. The Balaban J connectivity index is 3.19. The molecule has 0 unspecified atom stereocenters. The molecule has 0 aliphatic carbocycles. The first-order valence-electron chi connectivity index (χ1n) is 5.42. The second-order valence-electron chi connectivity index (χ2n) is 4.91. The fraction of sp³-hybridized carbons (Fsp3) is 0.462. The normalized spacial score (nSPS) is 11.4. The molecule has 1 aromatic rings.